The number of hydrogen-bond donors (Lipinski definition) is 1. The molecule has 3 rings (SSSR count). The summed E-state index contributed by atoms with van der Waals surface area (Å²) < 4.78 is 5.49. The highest BCUT2D eigenvalue weighted by atomic mass is 16.5. The van der Waals surface area contributed by atoms with E-state index in [4.69, 9.17) is 4.74 Å². The molecule has 0 bridgehead atoms. The van der Waals surface area contributed by atoms with Crippen molar-refractivity contribution < 1.29 is 9.53 Å². The van der Waals surface area contributed by atoms with Crippen molar-refractivity contribution in [1.82, 2.24) is 10.2 Å². The van der Waals surface area contributed by atoms with E-state index in [1.165, 1.54) is 18.4 Å². The number of hydrogen-bond acceptors (Lipinski definition) is 3. The number of nitrogens with zero attached hydrogens (tertiary/aromatic N) is 1. The van der Waals surface area contributed by atoms with Gasteiger partial charge < -0.3 is 10.1 Å². The second-order valence-corrected chi connectivity index (χ2v) is 6.81. The maximum Gasteiger partial charge on any atom is 0.225 e. The van der Waals surface area contributed by atoms with Gasteiger partial charge in [0, 0.05) is 26.2 Å². The molecule has 2 aliphatic rings. The zero-order chi connectivity index (χ0) is 16.1. The molecule has 1 saturated heterocycles. The third kappa shape index (κ3) is 4.79. The zero-order valence-electron chi connectivity index (χ0n) is 14.0. The van der Waals surface area contributed by atoms with Gasteiger partial charge in [-0.15, -0.1) is 0 Å². The Bertz CT molecular complexity index is 505. The Labute approximate surface area is 139 Å². The van der Waals surface area contributed by atoms with Crippen LogP contribution in [0.25, 0.3) is 0 Å². The molecule has 4 nitrogen and oxygen atoms in total. The van der Waals surface area contributed by atoms with Gasteiger partial charge in [-0.2, -0.15) is 0 Å². The molecule has 1 aliphatic carbocycles. The molecule has 1 saturated carbocycles. The molecule has 1 heterocycles. The van der Waals surface area contributed by atoms with E-state index in [0.717, 1.165) is 32.6 Å². The summed E-state index contributed by atoms with van der Waals surface area (Å²) in [5, 5.41) is 3.14. The first-order valence-corrected chi connectivity index (χ1v) is 8.92. The molecular formula is C19H28N2O2. The summed E-state index contributed by atoms with van der Waals surface area (Å²) in [6, 6.07) is 10.6. The Balaban J connectivity index is 1.40. The topological polar surface area (TPSA) is 41.6 Å². The molecule has 0 radical (unpaired) electrons. The van der Waals surface area contributed by atoms with Crippen molar-refractivity contribution in [2.75, 3.05) is 26.2 Å². The standard InChI is InChI=1S/C19H28N2O2/c1-2-23-18-11-17(18)19(22)20-12-16-9-6-10-21(14-16)13-15-7-4-3-5-8-15/h3-5,7-8,16-18H,2,6,9-14H2,1H3,(H,20,22). The molecule has 3 atom stereocenters. The maximum absolute atomic E-state index is 12.1. The minimum Gasteiger partial charge on any atom is -0.378 e. The van der Waals surface area contributed by atoms with Gasteiger partial charge in [0.15, 0.2) is 0 Å². The fourth-order valence-electron chi connectivity index (χ4n) is 3.53. The molecule has 1 aromatic rings. The van der Waals surface area contributed by atoms with Gasteiger partial charge in [0.25, 0.3) is 0 Å². The Morgan fingerprint density at radius 1 is 1.35 bits per heavy atom. The fourth-order valence-corrected chi connectivity index (χ4v) is 3.53. The highest BCUT2D eigenvalue weighted by molar-refractivity contribution is 5.82. The lowest BCUT2D eigenvalue weighted by Gasteiger charge is -2.32. The Morgan fingerprint density at radius 3 is 2.96 bits per heavy atom. The van der Waals surface area contributed by atoms with Crippen molar-refractivity contribution in [3.05, 3.63) is 35.9 Å². The number of rotatable bonds is 7. The van der Waals surface area contributed by atoms with Crippen LogP contribution in [0.3, 0.4) is 0 Å². The second-order valence-electron chi connectivity index (χ2n) is 6.81. The molecule has 0 aromatic heterocycles. The summed E-state index contributed by atoms with van der Waals surface area (Å²) in [6.07, 6.45) is 3.49. The quantitative estimate of drug-likeness (QED) is 0.840. The largest absolute Gasteiger partial charge is 0.378 e. The predicted octanol–water partition coefficient (Wildman–Crippen LogP) is 2.44. The summed E-state index contributed by atoms with van der Waals surface area (Å²) >= 11 is 0. The van der Waals surface area contributed by atoms with Crippen molar-refractivity contribution in [3.8, 4) is 0 Å². The van der Waals surface area contributed by atoms with Crippen molar-refractivity contribution in [1.29, 1.82) is 0 Å². The van der Waals surface area contributed by atoms with Gasteiger partial charge >= 0.3 is 0 Å². The number of carbonyl (C=O) groups excluding carboxylic acids is 1. The molecule has 126 valence electrons. The van der Waals surface area contributed by atoms with Crippen molar-refractivity contribution in [2.24, 2.45) is 11.8 Å². The van der Waals surface area contributed by atoms with Crippen LogP contribution in [-0.2, 0) is 16.1 Å². The highest BCUT2D eigenvalue weighted by Crippen LogP contribution is 2.33. The smallest absolute Gasteiger partial charge is 0.225 e. The molecule has 1 amide bonds. The van der Waals surface area contributed by atoms with Crippen LogP contribution in [-0.4, -0.2) is 43.2 Å². The van der Waals surface area contributed by atoms with Crippen LogP contribution < -0.4 is 5.32 Å². The number of amides is 1. The second kappa shape index (κ2) is 7.93. The minimum atomic E-state index is 0.0963. The van der Waals surface area contributed by atoms with Crippen molar-refractivity contribution in [3.63, 3.8) is 0 Å². The minimum absolute atomic E-state index is 0.0963. The van der Waals surface area contributed by atoms with E-state index in [1.807, 2.05) is 6.92 Å². The van der Waals surface area contributed by atoms with Crippen LogP contribution in [0.4, 0.5) is 0 Å². The van der Waals surface area contributed by atoms with E-state index in [9.17, 15) is 4.79 Å². The summed E-state index contributed by atoms with van der Waals surface area (Å²) in [6.45, 7) is 6.74. The number of piperidine rings is 1. The number of nitrogens with one attached hydrogen (secondary N) is 1. The van der Waals surface area contributed by atoms with Gasteiger partial charge in [0.2, 0.25) is 5.91 Å². The molecule has 1 aliphatic heterocycles. The molecule has 4 heteroatoms. The van der Waals surface area contributed by atoms with Gasteiger partial charge in [-0.25, -0.2) is 0 Å². The zero-order valence-corrected chi connectivity index (χ0v) is 14.0. The van der Waals surface area contributed by atoms with Gasteiger partial charge in [-0.1, -0.05) is 30.3 Å². The Kier molecular flexibility index (Phi) is 5.68. The number of likely N-dealkylation sites (tertiary alicyclic amines) is 1. The van der Waals surface area contributed by atoms with Gasteiger partial charge in [-0.3, -0.25) is 9.69 Å². The van der Waals surface area contributed by atoms with Crippen LogP contribution >= 0.6 is 0 Å². The summed E-state index contributed by atoms with van der Waals surface area (Å²) in [5.74, 6) is 0.850. The lowest BCUT2D eigenvalue weighted by atomic mass is 9.97. The average molecular weight is 316 g/mol. The molecule has 2 fully saturated rings. The van der Waals surface area contributed by atoms with Gasteiger partial charge in [0.1, 0.15) is 0 Å². The van der Waals surface area contributed by atoms with E-state index >= 15 is 0 Å². The Hall–Kier alpha value is -1.39. The monoisotopic (exact) mass is 316 g/mol. The number of benzene rings is 1. The van der Waals surface area contributed by atoms with Crippen LogP contribution in [0.2, 0.25) is 0 Å². The first-order valence-electron chi connectivity index (χ1n) is 8.92. The molecule has 0 spiro atoms. The van der Waals surface area contributed by atoms with Crippen LogP contribution in [0, 0.1) is 11.8 Å². The number of ether oxygens (including phenoxy) is 1. The molecule has 3 unspecified atom stereocenters. The lowest BCUT2D eigenvalue weighted by molar-refractivity contribution is -0.123. The van der Waals surface area contributed by atoms with E-state index in [2.05, 4.69) is 40.5 Å². The lowest BCUT2D eigenvalue weighted by Crippen LogP contribution is -2.41. The molecule has 1 N–H and O–H groups in total. The van der Waals surface area contributed by atoms with E-state index in [-0.39, 0.29) is 17.9 Å². The first kappa shape index (κ1) is 16.5. The summed E-state index contributed by atoms with van der Waals surface area (Å²) in [4.78, 5) is 14.6. The van der Waals surface area contributed by atoms with Crippen LogP contribution in [0.5, 0.6) is 0 Å². The summed E-state index contributed by atoms with van der Waals surface area (Å²) in [7, 11) is 0. The highest BCUT2D eigenvalue weighted by Gasteiger charge is 2.43. The third-order valence-corrected chi connectivity index (χ3v) is 4.87. The van der Waals surface area contributed by atoms with E-state index in [1.54, 1.807) is 0 Å². The first-order chi connectivity index (χ1) is 11.3. The van der Waals surface area contributed by atoms with Crippen molar-refractivity contribution in [2.45, 2.75) is 38.8 Å². The van der Waals surface area contributed by atoms with Gasteiger partial charge in [-0.05, 0) is 44.2 Å². The predicted molar refractivity (Wildman–Crippen MR) is 91.0 cm³/mol. The third-order valence-electron chi connectivity index (χ3n) is 4.87. The average Bonchev–Trinajstić information content (AvgIpc) is 3.34. The molecule has 1 aromatic carbocycles. The fraction of sp³-hybridized carbons (Fsp3) is 0.632. The number of carbonyl (C=O) groups is 1. The van der Waals surface area contributed by atoms with Crippen LogP contribution in [0.15, 0.2) is 30.3 Å². The molecule has 23 heavy (non-hydrogen) atoms. The SMILES string of the molecule is CCOC1CC1C(=O)NCC1CCCN(Cc2ccccc2)C1. The maximum atomic E-state index is 12.1. The van der Waals surface area contributed by atoms with Crippen LogP contribution in [0.1, 0.15) is 31.7 Å². The summed E-state index contributed by atoms with van der Waals surface area (Å²) in [5.41, 5.74) is 1.37. The van der Waals surface area contributed by atoms with E-state index in [0.29, 0.717) is 12.5 Å². The van der Waals surface area contributed by atoms with Gasteiger partial charge in [0.05, 0.1) is 12.0 Å². The molecular weight excluding hydrogens is 288 g/mol. The van der Waals surface area contributed by atoms with Crippen molar-refractivity contribution >= 4 is 5.91 Å². The Morgan fingerprint density at radius 2 is 2.17 bits per heavy atom. The normalized spacial score (nSPS) is 27.6. The van der Waals surface area contributed by atoms with E-state index < -0.39 is 0 Å².